The molecule has 4 heteroatoms. The number of rotatable bonds is 5. The van der Waals surface area contributed by atoms with Crippen molar-refractivity contribution in [1.82, 2.24) is 20.1 Å². The molecule has 1 aromatic rings. The van der Waals surface area contributed by atoms with Crippen molar-refractivity contribution in [2.45, 2.75) is 40.3 Å². The second kappa shape index (κ2) is 4.97. The molecular weight excluding hydrogens is 164 g/mol. The van der Waals surface area contributed by atoms with Crippen molar-refractivity contribution in [1.29, 1.82) is 0 Å². The van der Waals surface area contributed by atoms with E-state index in [0.717, 1.165) is 37.7 Å². The van der Waals surface area contributed by atoms with E-state index >= 15 is 0 Å². The van der Waals surface area contributed by atoms with Gasteiger partial charge in [0.1, 0.15) is 11.6 Å². The first-order valence-electron chi connectivity index (χ1n) is 4.89. The summed E-state index contributed by atoms with van der Waals surface area (Å²) in [4.78, 5) is 0. The lowest BCUT2D eigenvalue weighted by Crippen LogP contribution is -2.16. The predicted octanol–water partition coefficient (Wildman–Crippen LogP) is 1.11. The average molecular weight is 182 g/mol. The quantitative estimate of drug-likeness (QED) is 0.741. The van der Waals surface area contributed by atoms with Crippen LogP contribution in [0.3, 0.4) is 0 Å². The second-order valence-corrected chi connectivity index (χ2v) is 3.10. The molecule has 0 aromatic carbocycles. The normalized spacial score (nSPS) is 10.7. The molecule has 0 unspecified atom stereocenters. The van der Waals surface area contributed by atoms with Gasteiger partial charge in [0.25, 0.3) is 0 Å². The zero-order valence-corrected chi connectivity index (χ0v) is 8.67. The molecule has 0 aliphatic carbocycles. The minimum absolute atomic E-state index is 0.817. The number of nitrogens with one attached hydrogen (secondary N) is 1. The van der Waals surface area contributed by atoms with Crippen molar-refractivity contribution < 1.29 is 0 Å². The van der Waals surface area contributed by atoms with Crippen LogP contribution in [-0.4, -0.2) is 21.3 Å². The van der Waals surface area contributed by atoms with E-state index in [4.69, 9.17) is 0 Å². The van der Waals surface area contributed by atoms with E-state index < -0.39 is 0 Å². The maximum Gasteiger partial charge on any atom is 0.146 e. The summed E-state index contributed by atoms with van der Waals surface area (Å²) in [6, 6.07) is 0. The van der Waals surface area contributed by atoms with E-state index in [1.54, 1.807) is 0 Å². The Labute approximate surface area is 79.4 Å². The standard InChI is InChI=1S/C9H18N4/c1-4-6-13-8(3)11-12-9(13)7-10-5-2/h10H,4-7H2,1-3H3. The van der Waals surface area contributed by atoms with Gasteiger partial charge in [0.15, 0.2) is 0 Å². The van der Waals surface area contributed by atoms with Crippen LogP contribution in [-0.2, 0) is 13.1 Å². The number of aryl methyl sites for hydroxylation is 1. The minimum Gasteiger partial charge on any atom is -0.314 e. The Balaban J connectivity index is 2.68. The molecular formula is C9H18N4. The van der Waals surface area contributed by atoms with Crippen molar-refractivity contribution in [3.05, 3.63) is 11.6 Å². The van der Waals surface area contributed by atoms with Crippen LogP contribution in [0.4, 0.5) is 0 Å². The molecule has 0 atom stereocenters. The third kappa shape index (κ3) is 2.52. The molecule has 0 saturated heterocycles. The summed E-state index contributed by atoms with van der Waals surface area (Å²) in [6.45, 7) is 9.05. The number of nitrogens with zero attached hydrogens (tertiary/aromatic N) is 3. The van der Waals surface area contributed by atoms with Gasteiger partial charge in [0.05, 0.1) is 6.54 Å². The SMILES string of the molecule is CCCn1c(C)nnc1CNCC. The summed E-state index contributed by atoms with van der Waals surface area (Å²) in [7, 11) is 0. The maximum atomic E-state index is 4.12. The fraction of sp³-hybridized carbons (Fsp3) is 0.778. The number of hydrogen-bond donors (Lipinski definition) is 1. The largest absolute Gasteiger partial charge is 0.314 e. The lowest BCUT2D eigenvalue weighted by molar-refractivity contribution is 0.589. The molecule has 1 rings (SSSR count). The van der Waals surface area contributed by atoms with Gasteiger partial charge in [0, 0.05) is 6.54 Å². The van der Waals surface area contributed by atoms with Gasteiger partial charge < -0.3 is 9.88 Å². The lowest BCUT2D eigenvalue weighted by Gasteiger charge is -2.06. The average Bonchev–Trinajstić information content (AvgIpc) is 2.46. The zero-order valence-electron chi connectivity index (χ0n) is 8.67. The highest BCUT2D eigenvalue weighted by molar-refractivity contribution is 4.93. The first-order chi connectivity index (χ1) is 6.29. The molecule has 0 aliphatic rings. The summed E-state index contributed by atoms with van der Waals surface area (Å²) < 4.78 is 2.17. The Bertz CT molecular complexity index is 254. The van der Waals surface area contributed by atoms with Gasteiger partial charge in [-0.25, -0.2) is 0 Å². The topological polar surface area (TPSA) is 42.7 Å². The third-order valence-corrected chi connectivity index (χ3v) is 1.99. The molecule has 0 bridgehead atoms. The van der Waals surface area contributed by atoms with E-state index in [0.29, 0.717) is 0 Å². The minimum atomic E-state index is 0.817. The van der Waals surface area contributed by atoms with E-state index in [1.165, 1.54) is 0 Å². The Morgan fingerprint density at radius 1 is 1.31 bits per heavy atom. The Kier molecular flexibility index (Phi) is 3.89. The highest BCUT2D eigenvalue weighted by atomic mass is 15.3. The Hall–Kier alpha value is -0.900. The molecule has 0 amide bonds. The molecule has 13 heavy (non-hydrogen) atoms. The van der Waals surface area contributed by atoms with Gasteiger partial charge >= 0.3 is 0 Å². The summed E-state index contributed by atoms with van der Waals surface area (Å²) in [6.07, 6.45) is 1.12. The summed E-state index contributed by atoms with van der Waals surface area (Å²) in [5.41, 5.74) is 0. The molecule has 1 aromatic heterocycles. The van der Waals surface area contributed by atoms with Crippen LogP contribution in [0.5, 0.6) is 0 Å². The number of aromatic nitrogens is 3. The van der Waals surface area contributed by atoms with Gasteiger partial charge in [0.2, 0.25) is 0 Å². The maximum absolute atomic E-state index is 4.12. The van der Waals surface area contributed by atoms with Crippen LogP contribution in [0.15, 0.2) is 0 Å². The molecule has 74 valence electrons. The van der Waals surface area contributed by atoms with Gasteiger partial charge in [-0.2, -0.15) is 0 Å². The van der Waals surface area contributed by atoms with Gasteiger partial charge in [-0.05, 0) is 19.9 Å². The van der Waals surface area contributed by atoms with Crippen LogP contribution in [0.1, 0.15) is 31.9 Å². The highest BCUT2D eigenvalue weighted by Crippen LogP contribution is 2.01. The van der Waals surface area contributed by atoms with E-state index in [9.17, 15) is 0 Å². The van der Waals surface area contributed by atoms with Crippen molar-refractivity contribution in [2.75, 3.05) is 6.54 Å². The lowest BCUT2D eigenvalue weighted by atomic mass is 10.4. The fourth-order valence-electron chi connectivity index (χ4n) is 1.31. The van der Waals surface area contributed by atoms with E-state index in [1.807, 2.05) is 6.92 Å². The van der Waals surface area contributed by atoms with E-state index in [-0.39, 0.29) is 0 Å². The molecule has 1 heterocycles. The summed E-state index contributed by atoms with van der Waals surface area (Å²) in [5.74, 6) is 2.05. The first-order valence-corrected chi connectivity index (χ1v) is 4.89. The van der Waals surface area contributed by atoms with Gasteiger partial charge in [-0.3, -0.25) is 0 Å². The first kappa shape index (κ1) is 10.2. The van der Waals surface area contributed by atoms with Crippen LogP contribution >= 0.6 is 0 Å². The summed E-state index contributed by atoms with van der Waals surface area (Å²) >= 11 is 0. The van der Waals surface area contributed by atoms with Gasteiger partial charge in [-0.15, -0.1) is 10.2 Å². The predicted molar refractivity (Wildman–Crippen MR) is 52.4 cm³/mol. The Morgan fingerprint density at radius 3 is 2.69 bits per heavy atom. The van der Waals surface area contributed by atoms with Crippen molar-refractivity contribution in [3.63, 3.8) is 0 Å². The smallest absolute Gasteiger partial charge is 0.146 e. The van der Waals surface area contributed by atoms with Crippen molar-refractivity contribution in [2.24, 2.45) is 0 Å². The van der Waals surface area contributed by atoms with Crippen molar-refractivity contribution >= 4 is 0 Å². The zero-order chi connectivity index (χ0) is 9.68. The van der Waals surface area contributed by atoms with Crippen LogP contribution < -0.4 is 5.32 Å². The molecule has 0 aliphatic heterocycles. The number of hydrogen-bond acceptors (Lipinski definition) is 3. The molecule has 4 nitrogen and oxygen atoms in total. The Morgan fingerprint density at radius 2 is 2.08 bits per heavy atom. The molecule has 0 fully saturated rings. The monoisotopic (exact) mass is 182 g/mol. The van der Waals surface area contributed by atoms with Crippen LogP contribution in [0, 0.1) is 6.92 Å². The van der Waals surface area contributed by atoms with Crippen LogP contribution in [0.25, 0.3) is 0 Å². The summed E-state index contributed by atoms with van der Waals surface area (Å²) in [5, 5.41) is 11.4. The second-order valence-electron chi connectivity index (χ2n) is 3.10. The molecule has 0 spiro atoms. The highest BCUT2D eigenvalue weighted by Gasteiger charge is 2.05. The third-order valence-electron chi connectivity index (χ3n) is 1.99. The molecule has 0 radical (unpaired) electrons. The molecule has 1 N–H and O–H groups in total. The molecule has 0 saturated carbocycles. The van der Waals surface area contributed by atoms with Crippen molar-refractivity contribution in [3.8, 4) is 0 Å². The van der Waals surface area contributed by atoms with E-state index in [2.05, 4.69) is 33.9 Å². The van der Waals surface area contributed by atoms with Crippen LogP contribution in [0.2, 0.25) is 0 Å². The fourth-order valence-corrected chi connectivity index (χ4v) is 1.31. The van der Waals surface area contributed by atoms with Gasteiger partial charge in [-0.1, -0.05) is 13.8 Å².